The number of hydrogen-bond donors (Lipinski definition) is 3. The second kappa shape index (κ2) is 14.0. The minimum atomic E-state index is -0.850. The number of pyridine rings is 1. The lowest BCUT2D eigenvalue weighted by molar-refractivity contribution is -0.136. The molecule has 2 aliphatic heterocycles. The van der Waals surface area contributed by atoms with Gasteiger partial charge >= 0.3 is 5.97 Å². The van der Waals surface area contributed by atoms with Crippen LogP contribution in [0.2, 0.25) is 0 Å². The maximum Gasteiger partial charge on any atom is 0.307 e. The summed E-state index contributed by atoms with van der Waals surface area (Å²) in [6.07, 6.45) is 2.95. The Morgan fingerprint density at radius 3 is 2.31 bits per heavy atom. The van der Waals surface area contributed by atoms with Gasteiger partial charge in [0.2, 0.25) is 0 Å². The average Bonchev–Trinajstić information content (AvgIpc) is 2.94. The predicted molar refractivity (Wildman–Crippen MR) is 180 cm³/mol. The molecule has 0 bridgehead atoms. The van der Waals surface area contributed by atoms with Crippen LogP contribution in [0.3, 0.4) is 0 Å². The number of anilines is 1. The molecule has 0 amide bonds. The molecule has 2 aromatic carbocycles. The number of carboxylic acid groups (broad SMARTS) is 1. The molecule has 8 heteroatoms. The number of aliphatic carboxylic acids is 1. The lowest BCUT2D eigenvalue weighted by Gasteiger charge is -2.40. The van der Waals surface area contributed by atoms with E-state index in [1.54, 1.807) is 26.8 Å². The van der Waals surface area contributed by atoms with Crippen LogP contribution in [-0.4, -0.2) is 51.3 Å². The normalized spacial score (nSPS) is 16.5. The molecule has 0 saturated carbocycles. The highest BCUT2D eigenvalue weighted by Crippen LogP contribution is 2.42. The van der Waals surface area contributed by atoms with E-state index in [1.165, 1.54) is 17.2 Å². The van der Waals surface area contributed by atoms with Gasteiger partial charge in [0.05, 0.1) is 23.4 Å². The van der Waals surface area contributed by atoms with Crippen molar-refractivity contribution in [1.29, 1.82) is 0 Å². The molecular weight excluding hydrogens is 567 g/mol. The number of aryl methyl sites for hydroxylation is 2. The number of carboxylic acids is 1. The number of aromatic nitrogens is 1. The Morgan fingerprint density at radius 2 is 1.71 bits per heavy atom. The third-order valence-electron chi connectivity index (χ3n) is 8.79. The quantitative estimate of drug-likeness (QED) is 0.276. The van der Waals surface area contributed by atoms with Crippen LogP contribution in [-0.2, 0) is 37.3 Å². The van der Waals surface area contributed by atoms with Crippen LogP contribution >= 0.6 is 0 Å². The molecule has 0 radical (unpaired) electrons. The molecule has 1 aromatic heterocycles. The van der Waals surface area contributed by atoms with Gasteiger partial charge in [-0.2, -0.15) is 0 Å². The van der Waals surface area contributed by atoms with Crippen molar-refractivity contribution in [2.75, 3.05) is 24.5 Å². The van der Waals surface area contributed by atoms with Crippen molar-refractivity contribution in [3.63, 3.8) is 0 Å². The Hall–Kier alpha value is -3.33. The van der Waals surface area contributed by atoms with Gasteiger partial charge in [-0.25, -0.2) is 4.39 Å². The van der Waals surface area contributed by atoms with E-state index in [2.05, 4.69) is 41.8 Å². The summed E-state index contributed by atoms with van der Waals surface area (Å²) in [5, 5.41) is 18.3. The van der Waals surface area contributed by atoms with Gasteiger partial charge in [-0.15, -0.1) is 0 Å². The first-order valence-electron chi connectivity index (χ1n) is 16.1. The van der Waals surface area contributed by atoms with Crippen molar-refractivity contribution in [2.24, 2.45) is 11.1 Å². The SMILES string of the molecule is CC(C)(C)O.Cc1cc(F)ccc1CN1CCc2cc(-c3c(CN)nc(C)c(CC(=O)O)c3N3CCC(C)(C)CC3)ccc2C1. The van der Waals surface area contributed by atoms with Crippen molar-refractivity contribution < 1.29 is 19.4 Å². The van der Waals surface area contributed by atoms with Crippen molar-refractivity contribution in [3.8, 4) is 11.1 Å². The van der Waals surface area contributed by atoms with Crippen molar-refractivity contribution in [1.82, 2.24) is 9.88 Å². The molecule has 0 aliphatic carbocycles. The number of hydrogen-bond acceptors (Lipinski definition) is 6. The standard InChI is InChI=1S/C33H41FN4O2.C4H10O/c1-21-15-27(34)8-7-25(21)19-37-12-9-23-16-24(5-6-26(23)20-37)31-29(18-35)36-22(2)28(17-30(39)40)32(31)38-13-10-33(3,4)11-14-38;1-4(2,3)5/h5-8,15-16H,9-14,17-20,35H2,1-4H3,(H,39,40);5H,1-3H3. The first-order chi connectivity index (χ1) is 21.0. The van der Waals surface area contributed by atoms with Crippen LogP contribution in [0.25, 0.3) is 11.1 Å². The topological polar surface area (TPSA) is 103 Å². The van der Waals surface area contributed by atoms with Gasteiger partial charge in [0.1, 0.15) is 5.82 Å². The van der Waals surface area contributed by atoms with Crippen molar-refractivity contribution in [2.45, 2.75) is 99.4 Å². The van der Waals surface area contributed by atoms with Gasteiger partial charge < -0.3 is 20.8 Å². The molecule has 4 N–H and O–H groups in total. The molecule has 0 unspecified atom stereocenters. The van der Waals surface area contributed by atoms with Crippen LogP contribution < -0.4 is 10.6 Å². The largest absolute Gasteiger partial charge is 0.481 e. The minimum Gasteiger partial charge on any atom is -0.481 e. The lowest BCUT2D eigenvalue weighted by Crippen LogP contribution is -2.38. The Morgan fingerprint density at radius 1 is 1.04 bits per heavy atom. The molecule has 7 nitrogen and oxygen atoms in total. The highest BCUT2D eigenvalue weighted by molar-refractivity contribution is 5.87. The molecular formula is C37H51FN4O3. The maximum absolute atomic E-state index is 13.6. The lowest BCUT2D eigenvalue weighted by atomic mass is 9.81. The summed E-state index contributed by atoms with van der Waals surface area (Å²) in [5.74, 6) is -1.05. The third-order valence-corrected chi connectivity index (χ3v) is 8.79. The Balaban J connectivity index is 0.000000854. The van der Waals surface area contributed by atoms with E-state index in [4.69, 9.17) is 15.8 Å². The maximum atomic E-state index is 13.6. The van der Waals surface area contributed by atoms with Crippen LogP contribution in [0.15, 0.2) is 36.4 Å². The molecule has 3 aromatic rings. The zero-order chi connectivity index (χ0) is 33.1. The minimum absolute atomic E-state index is 0.0609. The molecule has 5 rings (SSSR count). The fraction of sp³-hybridized carbons (Fsp3) is 0.514. The van der Waals surface area contributed by atoms with Crippen LogP contribution in [0.5, 0.6) is 0 Å². The van der Waals surface area contributed by atoms with Gasteiger partial charge in [-0.3, -0.25) is 14.7 Å². The first kappa shape index (κ1) is 34.5. The fourth-order valence-electron chi connectivity index (χ4n) is 6.26. The monoisotopic (exact) mass is 618 g/mol. The number of benzene rings is 2. The highest BCUT2D eigenvalue weighted by atomic mass is 19.1. The summed E-state index contributed by atoms with van der Waals surface area (Å²) >= 11 is 0. The van der Waals surface area contributed by atoms with Gasteiger partial charge in [-0.1, -0.05) is 38.1 Å². The second-order valence-corrected chi connectivity index (χ2v) is 14.5. The summed E-state index contributed by atoms with van der Waals surface area (Å²) in [4.78, 5) is 21.6. The number of fused-ring (bicyclic) bond motifs is 1. The molecule has 0 atom stereocenters. The molecule has 1 fully saturated rings. The van der Waals surface area contributed by atoms with Gasteiger partial charge in [0.25, 0.3) is 0 Å². The van der Waals surface area contributed by atoms with Crippen LogP contribution in [0, 0.1) is 25.1 Å². The molecule has 2 aliphatic rings. The van der Waals surface area contributed by atoms with E-state index in [-0.39, 0.29) is 24.2 Å². The zero-order valence-electron chi connectivity index (χ0n) is 28.1. The number of halogens is 1. The number of piperidine rings is 1. The second-order valence-electron chi connectivity index (χ2n) is 14.5. The van der Waals surface area contributed by atoms with Gasteiger partial charge in [0, 0.05) is 56.1 Å². The van der Waals surface area contributed by atoms with E-state index in [0.717, 1.165) is 96.9 Å². The molecule has 244 valence electrons. The summed E-state index contributed by atoms with van der Waals surface area (Å²) in [6.45, 7) is 18.3. The van der Waals surface area contributed by atoms with Crippen molar-refractivity contribution >= 4 is 11.7 Å². The Bertz CT molecular complexity index is 1510. The number of carbonyl (C=O) groups is 1. The first-order valence-corrected chi connectivity index (χ1v) is 16.1. The molecule has 1 saturated heterocycles. The Labute approximate surface area is 268 Å². The van der Waals surface area contributed by atoms with E-state index in [9.17, 15) is 14.3 Å². The number of nitrogens with zero attached hydrogens (tertiary/aromatic N) is 3. The van der Waals surface area contributed by atoms with Crippen LogP contribution in [0.4, 0.5) is 10.1 Å². The van der Waals surface area contributed by atoms with Gasteiger partial charge in [0.15, 0.2) is 0 Å². The number of nitrogens with two attached hydrogens (primary N) is 1. The molecule has 0 spiro atoms. The summed E-state index contributed by atoms with van der Waals surface area (Å²) in [6, 6.07) is 11.6. The van der Waals surface area contributed by atoms with Crippen LogP contribution in [0.1, 0.15) is 86.7 Å². The van der Waals surface area contributed by atoms with Gasteiger partial charge in [-0.05, 0) is 99.2 Å². The van der Waals surface area contributed by atoms with E-state index in [0.29, 0.717) is 0 Å². The van der Waals surface area contributed by atoms with E-state index >= 15 is 0 Å². The van der Waals surface area contributed by atoms with E-state index < -0.39 is 11.6 Å². The summed E-state index contributed by atoms with van der Waals surface area (Å²) in [7, 11) is 0. The zero-order valence-corrected chi connectivity index (χ0v) is 28.1. The third kappa shape index (κ3) is 9.12. The predicted octanol–water partition coefficient (Wildman–Crippen LogP) is 6.55. The number of aliphatic hydroxyl groups is 1. The summed E-state index contributed by atoms with van der Waals surface area (Å²) in [5.41, 5.74) is 16.2. The summed E-state index contributed by atoms with van der Waals surface area (Å²) < 4.78 is 13.6. The van der Waals surface area contributed by atoms with Crippen molar-refractivity contribution in [3.05, 3.63) is 81.4 Å². The smallest absolute Gasteiger partial charge is 0.307 e. The fourth-order valence-corrected chi connectivity index (χ4v) is 6.26. The Kier molecular flexibility index (Phi) is 10.7. The molecule has 45 heavy (non-hydrogen) atoms. The molecule has 3 heterocycles. The highest BCUT2D eigenvalue weighted by Gasteiger charge is 2.31. The van der Waals surface area contributed by atoms with E-state index in [1.807, 2.05) is 19.9 Å². The number of rotatable bonds is 7. The average molecular weight is 619 g/mol.